The number of aliphatic imine (C=N–C) groups is 1. The minimum absolute atomic E-state index is 0.476. The predicted molar refractivity (Wildman–Crippen MR) is 58.3 cm³/mol. The molecule has 0 aromatic heterocycles. The minimum Gasteiger partial charge on any atom is -0.370 e. The van der Waals surface area contributed by atoms with Crippen molar-refractivity contribution >= 4 is 5.96 Å². The SMILES string of the molecule is NC(=NC1CCCCC1)NC1CNC1. The van der Waals surface area contributed by atoms with Crippen LogP contribution in [0.3, 0.4) is 0 Å². The van der Waals surface area contributed by atoms with Crippen molar-refractivity contribution in [1.82, 2.24) is 10.6 Å². The van der Waals surface area contributed by atoms with Crippen LogP contribution in [0.15, 0.2) is 4.99 Å². The van der Waals surface area contributed by atoms with Crippen LogP contribution in [0, 0.1) is 0 Å². The van der Waals surface area contributed by atoms with Gasteiger partial charge in [-0.3, -0.25) is 4.99 Å². The first-order chi connectivity index (χ1) is 6.84. The molecule has 1 aliphatic carbocycles. The van der Waals surface area contributed by atoms with Crippen molar-refractivity contribution in [2.75, 3.05) is 13.1 Å². The van der Waals surface area contributed by atoms with E-state index in [1.807, 2.05) is 0 Å². The summed E-state index contributed by atoms with van der Waals surface area (Å²) in [6, 6.07) is 0.978. The third-order valence-electron chi connectivity index (χ3n) is 3.03. The Morgan fingerprint density at radius 3 is 2.50 bits per heavy atom. The summed E-state index contributed by atoms with van der Waals surface area (Å²) in [7, 11) is 0. The smallest absolute Gasteiger partial charge is 0.189 e. The molecule has 1 saturated carbocycles. The van der Waals surface area contributed by atoms with Gasteiger partial charge in [0.2, 0.25) is 0 Å². The van der Waals surface area contributed by atoms with E-state index in [0.717, 1.165) is 13.1 Å². The molecule has 1 heterocycles. The summed E-state index contributed by atoms with van der Waals surface area (Å²) >= 11 is 0. The van der Waals surface area contributed by atoms with E-state index < -0.39 is 0 Å². The molecule has 1 aliphatic heterocycles. The van der Waals surface area contributed by atoms with Crippen molar-refractivity contribution in [2.24, 2.45) is 10.7 Å². The number of guanidine groups is 1. The van der Waals surface area contributed by atoms with Gasteiger partial charge in [0.15, 0.2) is 5.96 Å². The van der Waals surface area contributed by atoms with Crippen molar-refractivity contribution in [2.45, 2.75) is 44.2 Å². The standard InChI is InChI=1S/C10H20N4/c11-10(14-9-6-12-7-9)13-8-4-2-1-3-5-8/h8-9,12H,1-7H2,(H3,11,13,14). The maximum absolute atomic E-state index is 5.83. The average Bonchev–Trinajstić information content (AvgIpc) is 2.13. The molecule has 0 radical (unpaired) electrons. The van der Waals surface area contributed by atoms with Crippen molar-refractivity contribution in [3.05, 3.63) is 0 Å². The number of nitrogens with one attached hydrogen (secondary N) is 2. The maximum Gasteiger partial charge on any atom is 0.189 e. The lowest BCUT2D eigenvalue weighted by Crippen LogP contribution is -2.58. The van der Waals surface area contributed by atoms with Crippen molar-refractivity contribution in [3.63, 3.8) is 0 Å². The molecule has 0 amide bonds. The number of hydrogen-bond acceptors (Lipinski definition) is 2. The third kappa shape index (κ3) is 2.61. The van der Waals surface area contributed by atoms with Crippen LogP contribution < -0.4 is 16.4 Å². The van der Waals surface area contributed by atoms with Gasteiger partial charge in [-0.2, -0.15) is 0 Å². The molecule has 0 atom stereocenters. The molecule has 0 spiro atoms. The van der Waals surface area contributed by atoms with Crippen LogP contribution in [0.5, 0.6) is 0 Å². The van der Waals surface area contributed by atoms with Crippen LogP contribution in [0.2, 0.25) is 0 Å². The van der Waals surface area contributed by atoms with Crippen LogP contribution in [0.4, 0.5) is 0 Å². The molecule has 0 bridgehead atoms. The second kappa shape index (κ2) is 4.64. The van der Waals surface area contributed by atoms with E-state index in [1.54, 1.807) is 0 Å². The fourth-order valence-electron chi connectivity index (χ4n) is 2.04. The number of hydrogen-bond donors (Lipinski definition) is 3. The van der Waals surface area contributed by atoms with Crippen LogP contribution in [0.1, 0.15) is 32.1 Å². The summed E-state index contributed by atoms with van der Waals surface area (Å²) in [5.74, 6) is 0.642. The zero-order valence-corrected chi connectivity index (χ0v) is 8.63. The monoisotopic (exact) mass is 196 g/mol. The molecular weight excluding hydrogens is 176 g/mol. The summed E-state index contributed by atoms with van der Waals surface area (Å²) in [6.45, 7) is 2.03. The van der Waals surface area contributed by atoms with Gasteiger partial charge in [-0.25, -0.2) is 0 Å². The molecule has 4 N–H and O–H groups in total. The summed E-state index contributed by atoms with van der Waals surface area (Å²) in [5.41, 5.74) is 5.83. The Kier molecular flexibility index (Phi) is 3.24. The second-order valence-electron chi connectivity index (χ2n) is 4.31. The van der Waals surface area contributed by atoms with E-state index in [9.17, 15) is 0 Å². The van der Waals surface area contributed by atoms with Gasteiger partial charge in [-0.15, -0.1) is 0 Å². The summed E-state index contributed by atoms with van der Waals surface area (Å²) in [6.07, 6.45) is 6.42. The average molecular weight is 196 g/mol. The van der Waals surface area contributed by atoms with Gasteiger partial charge in [-0.1, -0.05) is 19.3 Å². The molecule has 2 fully saturated rings. The lowest BCUT2D eigenvalue weighted by molar-refractivity contribution is 0.405. The van der Waals surface area contributed by atoms with E-state index in [-0.39, 0.29) is 0 Å². The van der Waals surface area contributed by atoms with Crippen molar-refractivity contribution in [1.29, 1.82) is 0 Å². The molecule has 1 saturated heterocycles. The van der Waals surface area contributed by atoms with E-state index in [4.69, 9.17) is 5.73 Å². The molecule has 80 valence electrons. The summed E-state index contributed by atoms with van der Waals surface area (Å²) < 4.78 is 0. The van der Waals surface area contributed by atoms with Gasteiger partial charge < -0.3 is 16.4 Å². The fraction of sp³-hybridized carbons (Fsp3) is 0.900. The highest BCUT2D eigenvalue weighted by Gasteiger charge is 2.17. The Hall–Kier alpha value is -0.770. The number of nitrogens with two attached hydrogens (primary N) is 1. The van der Waals surface area contributed by atoms with Gasteiger partial charge in [0.25, 0.3) is 0 Å². The largest absolute Gasteiger partial charge is 0.370 e. The normalized spacial score (nSPS) is 25.9. The highest BCUT2D eigenvalue weighted by Crippen LogP contribution is 2.19. The Labute approximate surface area is 85.3 Å². The quantitative estimate of drug-likeness (QED) is 0.436. The molecule has 2 aliphatic rings. The molecule has 0 unspecified atom stereocenters. The van der Waals surface area contributed by atoms with Gasteiger partial charge in [0.1, 0.15) is 0 Å². The Morgan fingerprint density at radius 2 is 1.93 bits per heavy atom. The minimum atomic E-state index is 0.476. The highest BCUT2D eigenvalue weighted by molar-refractivity contribution is 5.78. The van der Waals surface area contributed by atoms with Crippen LogP contribution >= 0.6 is 0 Å². The first-order valence-corrected chi connectivity index (χ1v) is 5.65. The maximum atomic E-state index is 5.83. The molecule has 2 rings (SSSR count). The van der Waals surface area contributed by atoms with E-state index in [0.29, 0.717) is 18.0 Å². The van der Waals surface area contributed by atoms with Crippen molar-refractivity contribution in [3.8, 4) is 0 Å². The van der Waals surface area contributed by atoms with Gasteiger partial charge in [-0.05, 0) is 12.8 Å². The molecule has 4 nitrogen and oxygen atoms in total. The predicted octanol–water partition coefficient (Wildman–Crippen LogP) is 0.195. The zero-order chi connectivity index (χ0) is 9.80. The molecule has 4 heteroatoms. The van der Waals surface area contributed by atoms with Crippen molar-refractivity contribution < 1.29 is 0 Å². The van der Waals surface area contributed by atoms with E-state index in [1.165, 1.54) is 32.1 Å². The summed E-state index contributed by atoms with van der Waals surface area (Å²) in [5, 5.41) is 6.43. The molecular formula is C10H20N4. The topological polar surface area (TPSA) is 62.4 Å². The van der Waals surface area contributed by atoms with E-state index >= 15 is 0 Å². The third-order valence-corrected chi connectivity index (χ3v) is 3.03. The first kappa shape index (κ1) is 9.77. The lowest BCUT2D eigenvalue weighted by atomic mass is 9.96. The Morgan fingerprint density at radius 1 is 1.21 bits per heavy atom. The molecule has 14 heavy (non-hydrogen) atoms. The lowest BCUT2D eigenvalue weighted by Gasteiger charge is -2.29. The molecule has 0 aromatic carbocycles. The Balaban J connectivity index is 1.75. The number of rotatable bonds is 2. The molecule has 0 aromatic rings. The number of nitrogens with zero attached hydrogens (tertiary/aromatic N) is 1. The Bertz CT molecular complexity index is 204. The van der Waals surface area contributed by atoms with Gasteiger partial charge >= 0.3 is 0 Å². The van der Waals surface area contributed by atoms with Crippen LogP contribution in [0.25, 0.3) is 0 Å². The first-order valence-electron chi connectivity index (χ1n) is 5.65. The fourth-order valence-corrected chi connectivity index (χ4v) is 2.04. The van der Waals surface area contributed by atoms with Gasteiger partial charge in [0, 0.05) is 13.1 Å². The summed E-state index contributed by atoms with van der Waals surface area (Å²) in [4.78, 5) is 4.51. The van der Waals surface area contributed by atoms with Crippen LogP contribution in [-0.4, -0.2) is 31.1 Å². The van der Waals surface area contributed by atoms with Crippen LogP contribution in [-0.2, 0) is 0 Å². The zero-order valence-electron chi connectivity index (χ0n) is 8.63. The highest BCUT2D eigenvalue weighted by atomic mass is 15.2. The van der Waals surface area contributed by atoms with Gasteiger partial charge in [0.05, 0.1) is 12.1 Å². The second-order valence-corrected chi connectivity index (χ2v) is 4.31. The van der Waals surface area contributed by atoms with E-state index in [2.05, 4.69) is 15.6 Å².